The van der Waals surface area contributed by atoms with Gasteiger partial charge in [-0.25, -0.2) is 14.4 Å². The molecule has 0 aliphatic heterocycles. The van der Waals surface area contributed by atoms with Crippen molar-refractivity contribution in [3.63, 3.8) is 0 Å². The van der Waals surface area contributed by atoms with Crippen molar-refractivity contribution in [2.24, 2.45) is 0 Å². The Hall–Kier alpha value is -6.14. The van der Waals surface area contributed by atoms with E-state index in [-0.39, 0.29) is 13.2 Å². The zero-order valence-corrected chi connectivity index (χ0v) is 25.8. The molecule has 0 amide bonds. The summed E-state index contributed by atoms with van der Waals surface area (Å²) < 4.78 is 33.3. The Labute approximate surface area is 272 Å². The van der Waals surface area contributed by atoms with Gasteiger partial charge >= 0.3 is 17.9 Å². The average molecular weight is 637 g/mol. The molecule has 4 rings (SSSR count). The van der Waals surface area contributed by atoms with Crippen molar-refractivity contribution in [1.29, 1.82) is 0 Å². The lowest BCUT2D eigenvalue weighted by molar-refractivity contribution is -0.141. The van der Waals surface area contributed by atoms with Crippen molar-refractivity contribution < 1.29 is 42.8 Å². The number of aliphatic carboxylic acids is 1. The van der Waals surface area contributed by atoms with Crippen molar-refractivity contribution in [3.8, 4) is 40.2 Å². The smallest absolute Gasteiger partial charge is 0.366 e. The highest BCUT2D eigenvalue weighted by Crippen LogP contribution is 2.27. The fourth-order valence-corrected chi connectivity index (χ4v) is 4.09. The largest absolute Gasteiger partial charge is 0.490 e. The third-order valence-corrected chi connectivity index (χ3v) is 6.33. The van der Waals surface area contributed by atoms with E-state index >= 15 is 0 Å². The highest BCUT2D eigenvalue weighted by Gasteiger charge is 2.13. The summed E-state index contributed by atoms with van der Waals surface area (Å²) in [4.78, 5) is 34.5. The molecule has 240 valence electrons. The summed E-state index contributed by atoms with van der Waals surface area (Å²) in [5, 5.41) is 8.71. The molecule has 0 aliphatic rings. The first-order valence-electron chi connectivity index (χ1n) is 14.4. The molecule has 0 heterocycles. The van der Waals surface area contributed by atoms with Crippen LogP contribution in [0.2, 0.25) is 0 Å². The van der Waals surface area contributed by atoms with E-state index in [0.717, 1.165) is 27.8 Å². The summed E-state index contributed by atoms with van der Waals surface area (Å²) in [6, 6.07) is 26.5. The van der Waals surface area contributed by atoms with Gasteiger partial charge in [0.1, 0.15) is 30.5 Å². The van der Waals surface area contributed by atoms with Gasteiger partial charge < -0.3 is 24.1 Å². The number of aryl methyl sites for hydroxylation is 1. The Morgan fingerprint density at radius 3 is 1.89 bits per heavy atom. The van der Waals surface area contributed by atoms with Crippen LogP contribution in [0.3, 0.4) is 0 Å². The van der Waals surface area contributed by atoms with Gasteiger partial charge in [-0.15, -0.1) is 13.2 Å². The van der Waals surface area contributed by atoms with Crippen LogP contribution in [0, 0.1) is 11.8 Å². The molecule has 0 aromatic heterocycles. The maximum Gasteiger partial charge on any atom is 0.366 e. The van der Waals surface area contributed by atoms with Gasteiger partial charge in [0, 0.05) is 11.1 Å². The molecule has 0 atom stereocenters. The van der Waals surface area contributed by atoms with E-state index in [4.69, 9.17) is 19.3 Å². The van der Waals surface area contributed by atoms with Crippen molar-refractivity contribution in [1.82, 2.24) is 0 Å². The van der Waals surface area contributed by atoms with Gasteiger partial charge in [0.15, 0.2) is 6.61 Å². The third kappa shape index (κ3) is 11.1. The molecule has 0 bridgehead atoms. The van der Waals surface area contributed by atoms with Gasteiger partial charge in [0.2, 0.25) is 5.83 Å². The summed E-state index contributed by atoms with van der Waals surface area (Å²) in [5.74, 6) is 3.63. The SMILES string of the molecule is C=C.C=C(F)C(=O)OCCOc1ccc(C#Cc2ccc(-c3ccc(C(=O)Oc4ccc(OCC(=O)O)cc4)cc3CC)cc2)cc1. The van der Waals surface area contributed by atoms with Crippen molar-refractivity contribution >= 4 is 17.9 Å². The first kappa shape index (κ1) is 35.3. The van der Waals surface area contributed by atoms with Crippen LogP contribution in [-0.2, 0) is 20.7 Å². The van der Waals surface area contributed by atoms with E-state index in [1.165, 1.54) is 24.3 Å². The minimum Gasteiger partial charge on any atom is -0.490 e. The van der Waals surface area contributed by atoms with Crippen LogP contribution in [0.5, 0.6) is 17.2 Å². The van der Waals surface area contributed by atoms with Crippen LogP contribution in [-0.4, -0.2) is 42.8 Å². The molecule has 4 aromatic rings. The summed E-state index contributed by atoms with van der Waals surface area (Å²) >= 11 is 0. The second-order valence-corrected chi connectivity index (χ2v) is 9.51. The summed E-state index contributed by atoms with van der Waals surface area (Å²) in [5.41, 5.74) is 4.98. The Morgan fingerprint density at radius 2 is 1.32 bits per heavy atom. The number of esters is 2. The summed E-state index contributed by atoms with van der Waals surface area (Å²) in [6.45, 7) is 10.4. The van der Waals surface area contributed by atoms with Gasteiger partial charge in [-0.3, -0.25) is 0 Å². The topological polar surface area (TPSA) is 108 Å². The number of halogens is 1. The molecule has 47 heavy (non-hydrogen) atoms. The lowest BCUT2D eigenvalue weighted by atomic mass is 9.95. The fourth-order valence-electron chi connectivity index (χ4n) is 4.09. The first-order valence-corrected chi connectivity index (χ1v) is 14.4. The lowest BCUT2D eigenvalue weighted by Gasteiger charge is -2.11. The molecular formula is C38H33FO8. The standard InChI is InChI=1S/C36H29FO8.C2H4/c1-3-27-22-29(36(41)45-32-17-15-31(16-18-32)44-23-34(38)39)12-19-33(27)28-10-6-25(7-11-28)4-5-26-8-13-30(14-9-26)42-20-21-43-35(40)24(2)37;1-2/h6-19,22H,2-3,20-21,23H2,1H3,(H,38,39);1-2H2. The van der Waals surface area contributed by atoms with Gasteiger partial charge in [0.25, 0.3) is 0 Å². The molecule has 8 nitrogen and oxygen atoms in total. The second kappa shape index (κ2) is 18.0. The van der Waals surface area contributed by atoms with E-state index < -0.39 is 30.3 Å². The predicted octanol–water partition coefficient (Wildman–Crippen LogP) is 7.21. The molecule has 1 N–H and O–H groups in total. The van der Waals surface area contributed by atoms with E-state index in [2.05, 4.69) is 36.3 Å². The summed E-state index contributed by atoms with van der Waals surface area (Å²) in [7, 11) is 0. The van der Waals surface area contributed by atoms with E-state index in [0.29, 0.717) is 29.2 Å². The number of rotatable bonds is 12. The maximum absolute atomic E-state index is 12.8. The number of hydrogen-bond donors (Lipinski definition) is 1. The molecule has 0 spiro atoms. The van der Waals surface area contributed by atoms with Crippen LogP contribution >= 0.6 is 0 Å². The molecule has 0 saturated carbocycles. The van der Waals surface area contributed by atoms with E-state index in [1.807, 2.05) is 43.3 Å². The zero-order valence-electron chi connectivity index (χ0n) is 25.8. The second-order valence-electron chi connectivity index (χ2n) is 9.51. The minimum atomic E-state index is -1.15. The molecule has 4 aromatic carbocycles. The Bertz CT molecular complexity index is 1750. The number of carboxylic acid groups (broad SMARTS) is 1. The van der Waals surface area contributed by atoms with Crippen molar-refractivity contribution in [2.45, 2.75) is 13.3 Å². The monoisotopic (exact) mass is 636 g/mol. The highest BCUT2D eigenvalue weighted by atomic mass is 19.1. The van der Waals surface area contributed by atoms with Crippen LogP contribution < -0.4 is 14.2 Å². The van der Waals surface area contributed by atoms with Gasteiger partial charge in [-0.05, 0) is 95.9 Å². The third-order valence-electron chi connectivity index (χ3n) is 6.33. The van der Waals surface area contributed by atoms with Crippen LogP contribution in [0.25, 0.3) is 11.1 Å². The molecule has 0 radical (unpaired) electrons. The Kier molecular flexibility index (Phi) is 13.5. The highest BCUT2D eigenvalue weighted by molar-refractivity contribution is 5.92. The van der Waals surface area contributed by atoms with Crippen LogP contribution in [0.15, 0.2) is 117 Å². The van der Waals surface area contributed by atoms with Crippen LogP contribution in [0.4, 0.5) is 4.39 Å². The Balaban J connectivity index is 0.00000294. The Morgan fingerprint density at radius 1 is 0.766 bits per heavy atom. The lowest BCUT2D eigenvalue weighted by Crippen LogP contribution is -2.12. The molecule has 9 heteroatoms. The molecule has 0 aliphatic carbocycles. The zero-order chi connectivity index (χ0) is 34.2. The molecule has 0 unspecified atom stereocenters. The quantitative estimate of drug-likeness (QED) is 0.0434. The fraction of sp³-hybridized carbons (Fsp3) is 0.132. The number of benzene rings is 4. The molecule has 0 saturated heterocycles. The number of hydrogen-bond acceptors (Lipinski definition) is 7. The van der Waals surface area contributed by atoms with E-state index in [1.54, 1.807) is 30.3 Å². The number of carbonyl (C=O) groups is 3. The van der Waals surface area contributed by atoms with Crippen molar-refractivity contribution in [3.05, 3.63) is 139 Å². The van der Waals surface area contributed by atoms with E-state index in [9.17, 15) is 18.8 Å². The normalized spacial score (nSPS) is 9.83. The average Bonchev–Trinajstić information content (AvgIpc) is 3.10. The number of carboxylic acids is 1. The summed E-state index contributed by atoms with van der Waals surface area (Å²) in [6.07, 6.45) is 0.700. The minimum absolute atomic E-state index is 0.0757. The predicted molar refractivity (Wildman–Crippen MR) is 176 cm³/mol. The molecule has 0 fully saturated rings. The van der Waals surface area contributed by atoms with Crippen molar-refractivity contribution in [2.75, 3.05) is 19.8 Å². The number of carbonyl (C=O) groups excluding carboxylic acids is 2. The van der Waals surface area contributed by atoms with Gasteiger partial charge in [0.05, 0.1) is 5.56 Å². The number of ether oxygens (including phenoxy) is 4. The first-order chi connectivity index (χ1) is 22.7. The maximum atomic E-state index is 12.8. The van der Waals surface area contributed by atoms with Crippen LogP contribution in [0.1, 0.15) is 34.0 Å². The van der Waals surface area contributed by atoms with Gasteiger partial charge in [-0.2, -0.15) is 4.39 Å². The van der Waals surface area contributed by atoms with Gasteiger partial charge in [-0.1, -0.05) is 43.5 Å². The molecular weight excluding hydrogens is 603 g/mol.